The highest BCUT2D eigenvalue weighted by Gasteiger charge is 2.05. The molecule has 0 aliphatic rings. The molecule has 0 saturated heterocycles. The number of aryl methyl sites for hydroxylation is 1. The monoisotopic (exact) mass is 257 g/mol. The van der Waals surface area contributed by atoms with Crippen LogP contribution < -0.4 is 5.32 Å². The van der Waals surface area contributed by atoms with Crippen LogP contribution in [0.5, 0.6) is 0 Å². The molecule has 1 N–H and O–H groups in total. The second-order valence-corrected chi connectivity index (χ2v) is 5.08. The van der Waals surface area contributed by atoms with Crippen molar-refractivity contribution in [1.82, 2.24) is 15.1 Å². The van der Waals surface area contributed by atoms with Crippen LogP contribution >= 0.6 is 0 Å². The van der Waals surface area contributed by atoms with Gasteiger partial charge >= 0.3 is 0 Å². The van der Waals surface area contributed by atoms with E-state index in [2.05, 4.69) is 55.5 Å². The smallest absolute Gasteiger partial charge is 0.0662 e. The van der Waals surface area contributed by atoms with Gasteiger partial charge in [-0.1, -0.05) is 38.1 Å². The third-order valence-electron chi connectivity index (χ3n) is 3.51. The molecule has 1 aromatic heterocycles. The van der Waals surface area contributed by atoms with Gasteiger partial charge in [-0.2, -0.15) is 5.10 Å². The maximum absolute atomic E-state index is 4.32. The van der Waals surface area contributed by atoms with Crippen molar-refractivity contribution in [3.05, 3.63) is 53.3 Å². The molecule has 0 aliphatic carbocycles. The lowest BCUT2D eigenvalue weighted by molar-refractivity contribution is 0.633. The number of likely N-dealkylation sites (N-methyl/N-ethyl adjacent to an activating group) is 1. The number of hydrogen-bond acceptors (Lipinski definition) is 2. The van der Waals surface area contributed by atoms with Crippen molar-refractivity contribution < 1.29 is 0 Å². The van der Waals surface area contributed by atoms with Crippen LogP contribution in [0.2, 0.25) is 0 Å². The van der Waals surface area contributed by atoms with Crippen molar-refractivity contribution in [3.63, 3.8) is 0 Å². The van der Waals surface area contributed by atoms with Crippen LogP contribution in [0, 0.1) is 6.92 Å². The van der Waals surface area contributed by atoms with Gasteiger partial charge < -0.3 is 5.32 Å². The molecule has 0 radical (unpaired) electrons. The number of nitrogens with zero attached hydrogens (tertiary/aromatic N) is 2. The van der Waals surface area contributed by atoms with Crippen LogP contribution in [0.1, 0.15) is 36.6 Å². The van der Waals surface area contributed by atoms with E-state index in [0.29, 0.717) is 5.92 Å². The fourth-order valence-electron chi connectivity index (χ4n) is 2.17. The highest BCUT2D eigenvalue weighted by molar-refractivity contribution is 5.25. The first-order chi connectivity index (χ1) is 9.20. The zero-order valence-electron chi connectivity index (χ0n) is 12.1. The topological polar surface area (TPSA) is 29.9 Å². The largest absolute Gasteiger partial charge is 0.316 e. The van der Waals surface area contributed by atoms with Crippen LogP contribution in [-0.2, 0) is 6.54 Å². The van der Waals surface area contributed by atoms with E-state index >= 15 is 0 Å². The average molecular weight is 257 g/mol. The van der Waals surface area contributed by atoms with Gasteiger partial charge in [0.05, 0.1) is 6.54 Å². The second kappa shape index (κ2) is 6.53. The summed E-state index contributed by atoms with van der Waals surface area (Å²) in [5.74, 6) is 0.556. The van der Waals surface area contributed by atoms with E-state index in [9.17, 15) is 0 Å². The molecule has 2 rings (SSSR count). The molecule has 3 nitrogen and oxygen atoms in total. The molecule has 1 heterocycles. The predicted octanol–water partition coefficient (Wildman–Crippen LogP) is 2.95. The Morgan fingerprint density at radius 2 is 1.95 bits per heavy atom. The summed E-state index contributed by atoms with van der Waals surface area (Å²) in [6.45, 7) is 9.40. The van der Waals surface area contributed by atoms with E-state index in [0.717, 1.165) is 19.6 Å². The van der Waals surface area contributed by atoms with Gasteiger partial charge in [-0.15, -0.1) is 0 Å². The summed E-state index contributed by atoms with van der Waals surface area (Å²) in [7, 11) is 0. The molecule has 1 unspecified atom stereocenters. The van der Waals surface area contributed by atoms with Crippen LogP contribution in [0.4, 0.5) is 0 Å². The van der Waals surface area contributed by atoms with E-state index in [-0.39, 0.29) is 0 Å². The van der Waals surface area contributed by atoms with Crippen molar-refractivity contribution in [2.45, 2.75) is 33.2 Å². The van der Waals surface area contributed by atoms with E-state index in [1.165, 1.54) is 16.8 Å². The SMILES string of the molecule is CCNCC(C)c1ccc(Cn2nccc2C)cc1. The van der Waals surface area contributed by atoms with Crippen LogP contribution in [-0.4, -0.2) is 22.9 Å². The van der Waals surface area contributed by atoms with Crippen molar-refractivity contribution in [1.29, 1.82) is 0 Å². The van der Waals surface area contributed by atoms with Gasteiger partial charge in [-0.05, 0) is 36.6 Å². The van der Waals surface area contributed by atoms with Gasteiger partial charge in [0.1, 0.15) is 0 Å². The van der Waals surface area contributed by atoms with Gasteiger partial charge in [0, 0.05) is 18.4 Å². The number of aromatic nitrogens is 2. The summed E-state index contributed by atoms with van der Waals surface area (Å²) in [5, 5.41) is 7.71. The summed E-state index contributed by atoms with van der Waals surface area (Å²) >= 11 is 0. The number of nitrogens with one attached hydrogen (secondary N) is 1. The quantitative estimate of drug-likeness (QED) is 0.862. The van der Waals surface area contributed by atoms with Crippen molar-refractivity contribution in [2.24, 2.45) is 0 Å². The first-order valence-electron chi connectivity index (χ1n) is 6.98. The number of hydrogen-bond donors (Lipinski definition) is 1. The summed E-state index contributed by atoms with van der Waals surface area (Å²) < 4.78 is 2.02. The molecular weight excluding hydrogens is 234 g/mol. The van der Waals surface area contributed by atoms with Gasteiger partial charge in [0.25, 0.3) is 0 Å². The highest BCUT2D eigenvalue weighted by atomic mass is 15.3. The predicted molar refractivity (Wildman–Crippen MR) is 79.5 cm³/mol. The minimum atomic E-state index is 0.556. The van der Waals surface area contributed by atoms with E-state index in [1.807, 2.05) is 16.9 Å². The van der Waals surface area contributed by atoms with Crippen LogP contribution in [0.25, 0.3) is 0 Å². The zero-order valence-corrected chi connectivity index (χ0v) is 12.1. The van der Waals surface area contributed by atoms with Gasteiger partial charge in [-0.25, -0.2) is 0 Å². The van der Waals surface area contributed by atoms with E-state index in [4.69, 9.17) is 0 Å². The van der Waals surface area contributed by atoms with Crippen LogP contribution in [0.3, 0.4) is 0 Å². The molecule has 0 fully saturated rings. The summed E-state index contributed by atoms with van der Waals surface area (Å²) in [6.07, 6.45) is 1.85. The van der Waals surface area contributed by atoms with E-state index in [1.54, 1.807) is 0 Å². The first kappa shape index (κ1) is 13.8. The molecule has 0 aliphatic heterocycles. The lowest BCUT2D eigenvalue weighted by atomic mass is 10.00. The molecule has 102 valence electrons. The lowest BCUT2D eigenvalue weighted by Crippen LogP contribution is -2.19. The summed E-state index contributed by atoms with van der Waals surface area (Å²) in [5.41, 5.74) is 3.89. The average Bonchev–Trinajstić information content (AvgIpc) is 2.82. The molecule has 1 atom stereocenters. The third-order valence-corrected chi connectivity index (χ3v) is 3.51. The first-order valence-corrected chi connectivity index (χ1v) is 6.98. The Morgan fingerprint density at radius 3 is 2.53 bits per heavy atom. The Balaban J connectivity index is 2.00. The van der Waals surface area contributed by atoms with Gasteiger partial charge in [0.15, 0.2) is 0 Å². The Bertz CT molecular complexity index is 499. The lowest BCUT2D eigenvalue weighted by Gasteiger charge is -2.13. The molecule has 0 amide bonds. The Kier molecular flexibility index (Phi) is 4.74. The number of benzene rings is 1. The standard InChI is InChI=1S/C16H23N3/c1-4-17-11-13(2)16-7-5-15(6-8-16)12-19-14(3)9-10-18-19/h5-10,13,17H,4,11-12H2,1-3H3. The Labute approximate surface area is 115 Å². The van der Waals surface area contributed by atoms with Crippen LogP contribution in [0.15, 0.2) is 36.5 Å². The van der Waals surface area contributed by atoms with Crippen molar-refractivity contribution in [2.75, 3.05) is 13.1 Å². The fraction of sp³-hybridized carbons (Fsp3) is 0.438. The molecule has 1 aromatic carbocycles. The minimum Gasteiger partial charge on any atom is -0.316 e. The van der Waals surface area contributed by atoms with E-state index < -0.39 is 0 Å². The maximum Gasteiger partial charge on any atom is 0.0662 e. The minimum absolute atomic E-state index is 0.556. The normalized spacial score (nSPS) is 12.6. The molecule has 2 aromatic rings. The molecule has 0 bridgehead atoms. The maximum atomic E-state index is 4.32. The summed E-state index contributed by atoms with van der Waals surface area (Å²) in [4.78, 5) is 0. The molecule has 3 heteroatoms. The Hall–Kier alpha value is -1.61. The van der Waals surface area contributed by atoms with Gasteiger partial charge in [0.2, 0.25) is 0 Å². The Morgan fingerprint density at radius 1 is 1.21 bits per heavy atom. The molecular formula is C16H23N3. The van der Waals surface area contributed by atoms with Crippen molar-refractivity contribution in [3.8, 4) is 0 Å². The number of rotatable bonds is 6. The zero-order chi connectivity index (χ0) is 13.7. The summed E-state index contributed by atoms with van der Waals surface area (Å²) in [6, 6.07) is 10.9. The van der Waals surface area contributed by atoms with Crippen molar-refractivity contribution >= 4 is 0 Å². The fourth-order valence-corrected chi connectivity index (χ4v) is 2.17. The molecule has 19 heavy (non-hydrogen) atoms. The third kappa shape index (κ3) is 3.67. The van der Waals surface area contributed by atoms with Gasteiger partial charge in [-0.3, -0.25) is 4.68 Å². The second-order valence-electron chi connectivity index (χ2n) is 5.08. The highest BCUT2D eigenvalue weighted by Crippen LogP contribution is 2.15. The molecule has 0 saturated carbocycles. The molecule has 0 spiro atoms.